The predicted molar refractivity (Wildman–Crippen MR) is 57.6 cm³/mol. The van der Waals surface area contributed by atoms with Crippen LogP contribution in [-0.4, -0.2) is 57.5 Å². The van der Waals surface area contributed by atoms with Crippen LogP contribution in [0.4, 0.5) is 0 Å². The Morgan fingerprint density at radius 3 is 1.26 bits per heavy atom. The Morgan fingerprint density at radius 2 is 1.05 bits per heavy atom. The van der Waals surface area contributed by atoms with Crippen molar-refractivity contribution >= 4 is 23.9 Å². The standard InChI is InChI=1S/C10H14O9/c11-7(12)1-5(9(15)16)3-19-4-6(10(17)18)2-8(13)14/h5-6H,1-4H2,(H,11,12)(H,13,14)(H,15,16)(H,17,18). The van der Waals surface area contributed by atoms with Gasteiger partial charge in [-0.25, -0.2) is 0 Å². The van der Waals surface area contributed by atoms with Gasteiger partial charge < -0.3 is 25.2 Å². The minimum atomic E-state index is -1.38. The molecule has 0 amide bonds. The molecule has 2 unspecified atom stereocenters. The third-order valence-corrected chi connectivity index (χ3v) is 2.18. The lowest BCUT2D eigenvalue weighted by molar-refractivity contribution is -0.153. The van der Waals surface area contributed by atoms with Crippen molar-refractivity contribution in [2.45, 2.75) is 12.8 Å². The number of hydrogen-bond acceptors (Lipinski definition) is 5. The molecule has 0 saturated carbocycles. The van der Waals surface area contributed by atoms with Gasteiger partial charge in [-0.15, -0.1) is 0 Å². The Bertz CT molecular complexity index is 328. The van der Waals surface area contributed by atoms with Gasteiger partial charge in [-0.05, 0) is 0 Å². The topological polar surface area (TPSA) is 158 Å². The smallest absolute Gasteiger partial charge is 0.309 e. The lowest BCUT2D eigenvalue weighted by Crippen LogP contribution is -2.27. The van der Waals surface area contributed by atoms with Crippen molar-refractivity contribution in [2.75, 3.05) is 13.2 Å². The number of aliphatic carboxylic acids is 4. The summed E-state index contributed by atoms with van der Waals surface area (Å²) in [7, 11) is 0. The second kappa shape index (κ2) is 8.03. The summed E-state index contributed by atoms with van der Waals surface area (Å²) in [4.78, 5) is 42.1. The summed E-state index contributed by atoms with van der Waals surface area (Å²) in [5, 5.41) is 34.3. The highest BCUT2D eigenvalue weighted by Gasteiger charge is 2.25. The van der Waals surface area contributed by atoms with Crippen LogP contribution in [0.1, 0.15) is 12.8 Å². The van der Waals surface area contributed by atoms with E-state index in [1.807, 2.05) is 0 Å². The lowest BCUT2D eigenvalue weighted by Gasteiger charge is -2.13. The van der Waals surface area contributed by atoms with Gasteiger partial charge in [0.05, 0.1) is 37.9 Å². The van der Waals surface area contributed by atoms with E-state index in [-0.39, 0.29) is 0 Å². The van der Waals surface area contributed by atoms with E-state index >= 15 is 0 Å². The molecule has 0 fully saturated rings. The van der Waals surface area contributed by atoms with Crippen LogP contribution in [0.5, 0.6) is 0 Å². The highest BCUT2D eigenvalue weighted by Crippen LogP contribution is 2.09. The van der Waals surface area contributed by atoms with Crippen molar-refractivity contribution in [3.63, 3.8) is 0 Å². The molecule has 4 N–H and O–H groups in total. The molecule has 2 atom stereocenters. The van der Waals surface area contributed by atoms with E-state index in [2.05, 4.69) is 0 Å². The summed E-state index contributed by atoms with van der Waals surface area (Å²) in [6.45, 7) is -0.990. The molecule has 0 aliphatic rings. The molecule has 9 heteroatoms. The summed E-state index contributed by atoms with van der Waals surface area (Å²) >= 11 is 0. The van der Waals surface area contributed by atoms with Crippen LogP contribution in [0.3, 0.4) is 0 Å². The van der Waals surface area contributed by atoms with Crippen molar-refractivity contribution in [2.24, 2.45) is 11.8 Å². The van der Waals surface area contributed by atoms with Crippen LogP contribution in [0.2, 0.25) is 0 Å². The Labute approximate surface area is 107 Å². The molecular formula is C10H14O9. The Hall–Kier alpha value is -2.16. The van der Waals surface area contributed by atoms with E-state index in [1.165, 1.54) is 0 Å². The fourth-order valence-electron chi connectivity index (χ4n) is 1.21. The molecule has 0 rings (SSSR count). The molecule has 0 saturated heterocycles. The number of hydrogen-bond donors (Lipinski definition) is 4. The maximum absolute atomic E-state index is 10.7. The van der Waals surface area contributed by atoms with Gasteiger partial charge in [0.1, 0.15) is 0 Å². The van der Waals surface area contributed by atoms with Gasteiger partial charge in [0.25, 0.3) is 0 Å². The number of ether oxygens (including phenoxy) is 1. The maximum atomic E-state index is 10.7. The van der Waals surface area contributed by atoms with Crippen molar-refractivity contribution in [1.29, 1.82) is 0 Å². The molecule has 0 bridgehead atoms. The Kier molecular flexibility index (Phi) is 7.12. The first kappa shape index (κ1) is 16.8. The Morgan fingerprint density at radius 1 is 0.737 bits per heavy atom. The molecule has 0 spiro atoms. The molecule has 0 heterocycles. The highest BCUT2D eigenvalue weighted by molar-refractivity contribution is 5.78. The number of carboxylic acids is 4. The predicted octanol–water partition coefficient (Wildman–Crippen LogP) is -0.646. The molecule has 0 aliphatic heterocycles. The van der Waals surface area contributed by atoms with Gasteiger partial charge in [-0.1, -0.05) is 0 Å². The zero-order chi connectivity index (χ0) is 15.0. The fraction of sp³-hybridized carbons (Fsp3) is 0.600. The molecule has 108 valence electrons. The molecule has 9 nitrogen and oxygen atoms in total. The van der Waals surface area contributed by atoms with E-state index in [0.717, 1.165) is 0 Å². The zero-order valence-electron chi connectivity index (χ0n) is 9.81. The van der Waals surface area contributed by atoms with Crippen LogP contribution in [0.25, 0.3) is 0 Å². The van der Waals surface area contributed by atoms with Gasteiger partial charge in [0, 0.05) is 0 Å². The van der Waals surface area contributed by atoms with E-state index in [1.54, 1.807) is 0 Å². The average molecular weight is 278 g/mol. The first-order chi connectivity index (χ1) is 8.73. The fourth-order valence-corrected chi connectivity index (χ4v) is 1.21. The third kappa shape index (κ3) is 7.71. The monoisotopic (exact) mass is 278 g/mol. The minimum Gasteiger partial charge on any atom is -0.481 e. The summed E-state index contributed by atoms with van der Waals surface area (Å²) < 4.78 is 4.79. The summed E-state index contributed by atoms with van der Waals surface area (Å²) in [5.74, 6) is -8.03. The van der Waals surface area contributed by atoms with Gasteiger partial charge in [0.15, 0.2) is 0 Å². The van der Waals surface area contributed by atoms with Gasteiger partial charge >= 0.3 is 23.9 Å². The summed E-state index contributed by atoms with van der Waals surface area (Å²) in [5.41, 5.74) is 0. The molecule has 0 radical (unpaired) electrons. The van der Waals surface area contributed by atoms with Crippen LogP contribution >= 0.6 is 0 Å². The van der Waals surface area contributed by atoms with E-state index in [0.29, 0.717) is 0 Å². The first-order valence-corrected chi connectivity index (χ1v) is 5.21. The van der Waals surface area contributed by atoms with Crippen LogP contribution < -0.4 is 0 Å². The summed E-state index contributed by atoms with van der Waals surface area (Å²) in [6, 6.07) is 0. The van der Waals surface area contributed by atoms with E-state index in [4.69, 9.17) is 25.2 Å². The average Bonchev–Trinajstić information content (AvgIpc) is 2.24. The van der Waals surface area contributed by atoms with Crippen LogP contribution in [-0.2, 0) is 23.9 Å². The quantitative estimate of drug-likeness (QED) is 0.407. The minimum absolute atomic E-state index is 0.495. The number of carboxylic acid groups (broad SMARTS) is 4. The van der Waals surface area contributed by atoms with Crippen molar-refractivity contribution < 1.29 is 44.3 Å². The van der Waals surface area contributed by atoms with Crippen molar-refractivity contribution in [3.8, 4) is 0 Å². The SMILES string of the molecule is O=C(O)CC(COCC(CC(=O)O)C(=O)O)C(=O)O. The van der Waals surface area contributed by atoms with Gasteiger partial charge in [0.2, 0.25) is 0 Å². The second-order valence-electron chi connectivity index (χ2n) is 3.80. The van der Waals surface area contributed by atoms with Crippen molar-refractivity contribution in [3.05, 3.63) is 0 Å². The molecule has 0 aliphatic carbocycles. The maximum Gasteiger partial charge on any atom is 0.309 e. The van der Waals surface area contributed by atoms with Crippen molar-refractivity contribution in [1.82, 2.24) is 0 Å². The third-order valence-electron chi connectivity index (χ3n) is 2.18. The summed E-state index contributed by atoms with van der Waals surface area (Å²) in [6.07, 6.45) is -1.32. The number of rotatable bonds is 10. The van der Waals surface area contributed by atoms with E-state index in [9.17, 15) is 19.2 Å². The normalized spacial score (nSPS) is 13.5. The molecule has 19 heavy (non-hydrogen) atoms. The molecule has 0 aromatic rings. The molecular weight excluding hydrogens is 264 g/mol. The van der Waals surface area contributed by atoms with E-state index < -0.39 is 61.8 Å². The van der Waals surface area contributed by atoms with Gasteiger partial charge in [-0.2, -0.15) is 0 Å². The molecule has 0 aromatic carbocycles. The van der Waals surface area contributed by atoms with Crippen LogP contribution in [0, 0.1) is 11.8 Å². The lowest BCUT2D eigenvalue weighted by atomic mass is 10.1. The number of carbonyl (C=O) groups is 4. The second-order valence-corrected chi connectivity index (χ2v) is 3.80. The van der Waals surface area contributed by atoms with Crippen LogP contribution in [0.15, 0.2) is 0 Å². The van der Waals surface area contributed by atoms with Gasteiger partial charge in [-0.3, -0.25) is 19.2 Å². The Balaban J connectivity index is 4.28. The zero-order valence-corrected chi connectivity index (χ0v) is 9.81. The molecule has 0 aromatic heterocycles. The first-order valence-electron chi connectivity index (χ1n) is 5.21. The largest absolute Gasteiger partial charge is 0.481 e. The highest BCUT2D eigenvalue weighted by atomic mass is 16.5.